The number of rotatable bonds is 0. The summed E-state index contributed by atoms with van der Waals surface area (Å²) in [6.45, 7) is 0. The Kier molecular flexibility index (Phi) is 0.886. The summed E-state index contributed by atoms with van der Waals surface area (Å²) < 4.78 is 0. The summed E-state index contributed by atoms with van der Waals surface area (Å²) in [5.41, 5.74) is 2.61. The second kappa shape index (κ2) is 1.44. The maximum absolute atomic E-state index is 2.61. The minimum atomic E-state index is 0.438. The molecule has 0 aliphatic carbocycles. The van der Waals surface area contributed by atoms with Crippen LogP contribution >= 0.6 is 30.7 Å². The fraction of sp³-hybridized carbons (Fsp3) is 0.250. The minimum Gasteiger partial charge on any atom is -0.0697 e. The van der Waals surface area contributed by atoms with Crippen molar-refractivity contribution in [1.29, 1.82) is 0 Å². The molecule has 3 aliphatic rings. The Hall–Kier alpha value is 1.20. The molecule has 3 aliphatic heterocycles. The fourth-order valence-corrected chi connectivity index (χ4v) is 25.9. The maximum Gasteiger partial charge on any atom is 0.0462 e. The van der Waals surface area contributed by atoms with Gasteiger partial charge in [0.1, 0.15) is 0 Å². The molecule has 1 saturated heterocycles. The topological polar surface area (TPSA) is 0 Å². The molecule has 0 nitrogen and oxygen atoms in total. The predicted octanol–water partition coefficient (Wildman–Crippen LogP) is 3.76. The normalized spacial score (nSPS) is 64.0. The molecule has 3 rings (SSSR count). The Labute approximate surface area is 53.6 Å². The first-order valence-electron chi connectivity index (χ1n) is 2.54. The highest BCUT2D eigenvalue weighted by Crippen LogP contribution is 3.10. The summed E-state index contributed by atoms with van der Waals surface area (Å²) in [6, 6.07) is 0. The summed E-state index contributed by atoms with van der Waals surface area (Å²) in [5.74, 6) is 5.05. The van der Waals surface area contributed by atoms with Gasteiger partial charge in [-0.05, 0) is 28.4 Å². The van der Waals surface area contributed by atoms with Gasteiger partial charge >= 0.3 is 0 Å². The van der Waals surface area contributed by atoms with Crippen LogP contribution in [0.1, 0.15) is 0 Å². The first-order valence-corrected chi connectivity index (χ1v) is 9.36. The van der Waals surface area contributed by atoms with Gasteiger partial charge in [0, 0.05) is 5.14 Å². The van der Waals surface area contributed by atoms with Crippen LogP contribution in [0.15, 0.2) is 11.6 Å². The van der Waals surface area contributed by atoms with Crippen LogP contribution in [-0.2, 0) is 0 Å². The Bertz CT molecular complexity index is 176. The number of hydrogen-bond donors (Lipinski definition) is 0. The zero-order valence-corrected chi connectivity index (χ0v) is 7.68. The average molecular weight is 176 g/mol. The highest BCUT2D eigenvalue weighted by Gasteiger charge is 2.56. The molecular formula is C4H4P4. The molecule has 0 bridgehead atoms. The second-order valence-electron chi connectivity index (χ2n) is 2.02. The average Bonchev–Trinajstić information content (AvgIpc) is 2.11. The first-order chi connectivity index (χ1) is 3.97. The minimum absolute atomic E-state index is 0.438. The van der Waals surface area contributed by atoms with Crippen LogP contribution in [-0.4, -0.2) is 10.7 Å². The number of fused-ring (bicyclic) bond motifs is 1. The Morgan fingerprint density at radius 1 is 1.25 bits per heavy atom. The Balaban J connectivity index is 2.21. The molecule has 0 aromatic heterocycles. The molecule has 0 radical (unpaired) electrons. The van der Waals surface area contributed by atoms with Crippen molar-refractivity contribution in [3.8, 4) is 0 Å². The third-order valence-electron chi connectivity index (χ3n) is 1.60. The monoisotopic (exact) mass is 176 g/mol. The van der Waals surface area contributed by atoms with E-state index in [1.165, 1.54) is 5.14 Å². The van der Waals surface area contributed by atoms with E-state index >= 15 is 0 Å². The molecule has 8 heavy (non-hydrogen) atoms. The van der Waals surface area contributed by atoms with E-state index in [4.69, 9.17) is 0 Å². The Morgan fingerprint density at radius 3 is 2.88 bits per heavy atom. The molecule has 3 heterocycles. The van der Waals surface area contributed by atoms with Crippen molar-refractivity contribution in [1.82, 2.24) is 0 Å². The van der Waals surface area contributed by atoms with Crippen LogP contribution in [0.5, 0.6) is 0 Å². The van der Waals surface area contributed by atoms with E-state index in [2.05, 4.69) is 17.2 Å². The van der Waals surface area contributed by atoms with E-state index in [0.29, 0.717) is 22.8 Å². The molecule has 4 atom stereocenters. The highest BCUT2D eigenvalue weighted by molar-refractivity contribution is 8.67. The summed E-state index contributed by atoms with van der Waals surface area (Å²) in [4.78, 5) is 0. The predicted molar refractivity (Wildman–Crippen MR) is 46.7 cm³/mol. The van der Waals surface area contributed by atoms with Crippen molar-refractivity contribution >= 4 is 36.3 Å². The van der Waals surface area contributed by atoms with Gasteiger partial charge in [0.05, 0.1) is 0 Å². The van der Waals surface area contributed by atoms with Crippen LogP contribution in [0.25, 0.3) is 0 Å². The molecular weight excluding hydrogens is 172 g/mol. The lowest BCUT2D eigenvalue weighted by Crippen LogP contribution is -1.53. The van der Waals surface area contributed by atoms with Crippen LogP contribution < -0.4 is 0 Å². The van der Waals surface area contributed by atoms with Crippen LogP contribution in [0.4, 0.5) is 0 Å². The Morgan fingerprint density at radius 2 is 2.25 bits per heavy atom. The highest BCUT2D eigenvalue weighted by atomic mass is 32.2. The van der Waals surface area contributed by atoms with Gasteiger partial charge in [-0.25, -0.2) is 0 Å². The largest absolute Gasteiger partial charge is 0.0697 e. The molecule has 4 heteroatoms. The molecule has 0 spiro atoms. The quantitative estimate of drug-likeness (QED) is 0.492. The van der Waals surface area contributed by atoms with Crippen molar-refractivity contribution in [2.75, 3.05) is 0 Å². The van der Waals surface area contributed by atoms with E-state index < -0.39 is 0 Å². The van der Waals surface area contributed by atoms with Gasteiger partial charge in [-0.1, -0.05) is 19.5 Å². The lowest BCUT2D eigenvalue weighted by Gasteiger charge is -1.91. The van der Waals surface area contributed by atoms with Crippen molar-refractivity contribution in [2.24, 2.45) is 0 Å². The van der Waals surface area contributed by atoms with Crippen LogP contribution in [0.2, 0.25) is 0 Å². The van der Waals surface area contributed by atoms with Gasteiger partial charge < -0.3 is 0 Å². The van der Waals surface area contributed by atoms with Gasteiger partial charge in [-0.2, -0.15) is 0 Å². The summed E-state index contributed by atoms with van der Waals surface area (Å²) in [6.07, 6.45) is 0. The van der Waals surface area contributed by atoms with Crippen molar-refractivity contribution in [2.45, 2.75) is 5.14 Å². The van der Waals surface area contributed by atoms with Crippen molar-refractivity contribution < 1.29 is 0 Å². The van der Waals surface area contributed by atoms with Gasteiger partial charge in [-0.15, -0.1) is 0 Å². The van der Waals surface area contributed by atoms with Crippen LogP contribution in [0, 0.1) is 0 Å². The SMILES string of the molecule is C1=CP2C3P1P=CP32. The van der Waals surface area contributed by atoms with E-state index in [1.54, 1.807) is 7.89 Å². The summed E-state index contributed by atoms with van der Waals surface area (Å²) in [5, 5.41) is 1.27. The van der Waals surface area contributed by atoms with E-state index in [9.17, 15) is 0 Å². The van der Waals surface area contributed by atoms with Crippen molar-refractivity contribution in [3.05, 3.63) is 11.6 Å². The van der Waals surface area contributed by atoms with Gasteiger partial charge in [0.15, 0.2) is 0 Å². The van der Waals surface area contributed by atoms with E-state index in [-0.39, 0.29) is 0 Å². The second-order valence-corrected chi connectivity index (χ2v) is 13.7. The van der Waals surface area contributed by atoms with E-state index in [1.807, 2.05) is 0 Å². The summed E-state index contributed by atoms with van der Waals surface area (Å²) in [7, 11) is 3.24. The number of hydrogen-bond acceptors (Lipinski definition) is 0. The fourth-order valence-electron chi connectivity index (χ4n) is 1.13. The molecule has 0 N–H and O–H groups in total. The van der Waals surface area contributed by atoms with Gasteiger partial charge in [-0.3, -0.25) is 0 Å². The smallest absolute Gasteiger partial charge is 0.0462 e. The van der Waals surface area contributed by atoms with Gasteiger partial charge in [0.2, 0.25) is 0 Å². The maximum atomic E-state index is 2.61. The zero-order valence-electron chi connectivity index (χ0n) is 4.10. The molecule has 0 aromatic rings. The molecule has 0 aromatic carbocycles. The third-order valence-corrected chi connectivity index (χ3v) is 18.9. The van der Waals surface area contributed by atoms with Crippen LogP contribution in [0.3, 0.4) is 0 Å². The standard InChI is InChI=1S/C4H4P4/c1-2-7-4-6(1)5-3-8(4)7/h1-4H. The summed E-state index contributed by atoms with van der Waals surface area (Å²) >= 11 is 0. The lowest BCUT2D eigenvalue weighted by atomic mass is 11.3. The first kappa shape index (κ1) is 4.93. The molecule has 1 fully saturated rings. The van der Waals surface area contributed by atoms with Crippen molar-refractivity contribution in [3.63, 3.8) is 0 Å². The van der Waals surface area contributed by atoms with E-state index in [0.717, 1.165) is 0 Å². The molecule has 40 valence electrons. The molecule has 0 amide bonds. The molecule has 0 saturated carbocycles. The van der Waals surface area contributed by atoms with Gasteiger partial charge in [0.25, 0.3) is 0 Å². The lowest BCUT2D eigenvalue weighted by molar-refractivity contribution is 2.12. The molecule has 4 unspecified atom stereocenters. The third kappa shape index (κ3) is 0.436. The zero-order chi connectivity index (χ0) is 5.14.